The van der Waals surface area contributed by atoms with E-state index in [9.17, 15) is 4.79 Å². The molecule has 0 saturated carbocycles. The van der Waals surface area contributed by atoms with Gasteiger partial charge in [-0.3, -0.25) is 4.79 Å². The van der Waals surface area contributed by atoms with E-state index in [4.69, 9.17) is 5.11 Å². The molecule has 0 saturated heterocycles. The van der Waals surface area contributed by atoms with E-state index in [1.54, 1.807) is 6.08 Å². The summed E-state index contributed by atoms with van der Waals surface area (Å²) in [4.78, 5) is 11.1. The number of aliphatic hydroxyl groups excluding tert-OH is 1. The highest BCUT2D eigenvalue weighted by Crippen LogP contribution is 2.00. The number of hydrogen-bond donors (Lipinski definition) is 2. The summed E-state index contributed by atoms with van der Waals surface area (Å²) < 4.78 is 0. The minimum absolute atomic E-state index is 0.302. The lowest BCUT2D eigenvalue weighted by Gasteiger charge is -2.03. The van der Waals surface area contributed by atoms with Crippen LogP contribution in [0.2, 0.25) is 0 Å². The van der Waals surface area contributed by atoms with E-state index in [2.05, 4.69) is 5.32 Å². The second kappa shape index (κ2) is 5.19. The molecule has 0 aliphatic carbocycles. The van der Waals surface area contributed by atoms with Crippen molar-refractivity contribution >= 4 is 12.0 Å². The lowest BCUT2D eigenvalue weighted by molar-refractivity contribution is -0.118. The van der Waals surface area contributed by atoms with Gasteiger partial charge in [-0.05, 0) is 18.6 Å². The molecular weight excluding hydrogens is 178 g/mol. The molecular formula is C11H13NO2. The highest BCUT2D eigenvalue weighted by molar-refractivity contribution is 5.91. The predicted octanol–water partition coefficient (Wildman–Crippen LogP) is 1.15. The minimum Gasteiger partial charge on any atom is -0.374 e. The summed E-state index contributed by atoms with van der Waals surface area (Å²) >= 11 is 0. The Morgan fingerprint density at radius 3 is 2.64 bits per heavy atom. The van der Waals surface area contributed by atoms with Crippen LogP contribution in [0.3, 0.4) is 0 Å². The van der Waals surface area contributed by atoms with E-state index in [0.717, 1.165) is 5.56 Å². The third-order valence-electron chi connectivity index (χ3n) is 1.58. The van der Waals surface area contributed by atoms with E-state index >= 15 is 0 Å². The van der Waals surface area contributed by atoms with E-state index in [1.807, 2.05) is 30.3 Å². The maximum atomic E-state index is 11.1. The molecule has 14 heavy (non-hydrogen) atoms. The maximum absolute atomic E-state index is 11.1. The van der Waals surface area contributed by atoms with Crippen molar-refractivity contribution in [2.75, 3.05) is 0 Å². The molecule has 1 aromatic carbocycles. The van der Waals surface area contributed by atoms with E-state index in [1.165, 1.54) is 13.0 Å². The Morgan fingerprint density at radius 1 is 1.43 bits per heavy atom. The van der Waals surface area contributed by atoms with Crippen molar-refractivity contribution in [2.24, 2.45) is 0 Å². The van der Waals surface area contributed by atoms with Crippen LogP contribution in [0.1, 0.15) is 12.5 Å². The predicted molar refractivity (Wildman–Crippen MR) is 55.3 cm³/mol. The smallest absolute Gasteiger partial charge is 0.245 e. The van der Waals surface area contributed by atoms with Gasteiger partial charge >= 0.3 is 0 Å². The molecule has 0 bridgehead atoms. The summed E-state index contributed by atoms with van der Waals surface area (Å²) in [5.41, 5.74) is 0.952. The highest BCUT2D eigenvalue weighted by atomic mass is 16.3. The van der Waals surface area contributed by atoms with Gasteiger partial charge in [-0.25, -0.2) is 0 Å². The van der Waals surface area contributed by atoms with Gasteiger partial charge in [0, 0.05) is 6.08 Å². The molecule has 0 fully saturated rings. The summed E-state index contributed by atoms with van der Waals surface area (Å²) in [6.07, 6.45) is 2.27. The van der Waals surface area contributed by atoms with E-state index < -0.39 is 6.23 Å². The van der Waals surface area contributed by atoms with Crippen molar-refractivity contribution in [1.82, 2.24) is 5.32 Å². The van der Waals surface area contributed by atoms with E-state index in [0.29, 0.717) is 0 Å². The average Bonchev–Trinajstić information content (AvgIpc) is 2.15. The highest BCUT2D eigenvalue weighted by Gasteiger charge is 1.97. The number of rotatable bonds is 3. The standard InChI is InChI=1S/C11H13NO2/c1-9(13)12-11(14)8-7-10-5-3-2-4-6-10/h2-9,13H,1H3,(H,12,14)/b8-7+. The van der Waals surface area contributed by atoms with E-state index in [-0.39, 0.29) is 5.91 Å². The van der Waals surface area contributed by atoms with Crippen LogP contribution in [0.4, 0.5) is 0 Å². The number of benzene rings is 1. The molecule has 1 aromatic rings. The van der Waals surface area contributed by atoms with Crippen LogP contribution < -0.4 is 5.32 Å². The Kier molecular flexibility index (Phi) is 3.88. The Morgan fingerprint density at radius 2 is 2.07 bits per heavy atom. The monoisotopic (exact) mass is 191 g/mol. The number of aliphatic hydroxyl groups is 1. The summed E-state index contributed by atoms with van der Waals surface area (Å²) in [6, 6.07) is 9.49. The Balaban J connectivity index is 2.52. The van der Waals surface area contributed by atoms with Gasteiger partial charge in [-0.15, -0.1) is 0 Å². The van der Waals surface area contributed by atoms with Gasteiger partial charge in [0.2, 0.25) is 5.91 Å². The minimum atomic E-state index is -0.817. The number of amides is 1. The summed E-state index contributed by atoms with van der Waals surface area (Å²) in [7, 11) is 0. The lowest BCUT2D eigenvalue weighted by Crippen LogP contribution is -2.30. The Hall–Kier alpha value is -1.61. The molecule has 1 rings (SSSR count). The molecule has 0 aromatic heterocycles. The van der Waals surface area contributed by atoms with Gasteiger partial charge in [0.15, 0.2) is 0 Å². The van der Waals surface area contributed by atoms with Crippen molar-refractivity contribution < 1.29 is 9.90 Å². The van der Waals surface area contributed by atoms with Gasteiger partial charge < -0.3 is 10.4 Å². The molecule has 0 radical (unpaired) electrons. The molecule has 2 N–H and O–H groups in total. The number of hydrogen-bond acceptors (Lipinski definition) is 2. The Bertz CT molecular complexity index is 317. The van der Waals surface area contributed by atoms with Crippen LogP contribution in [-0.4, -0.2) is 17.2 Å². The van der Waals surface area contributed by atoms with Crippen LogP contribution in [0.15, 0.2) is 36.4 Å². The summed E-state index contributed by atoms with van der Waals surface area (Å²) in [5, 5.41) is 11.2. The van der Waals surface area contributed by atoms with Crippen molar-refractivity contribution in [3.05, 3.63) is 42.0 Å². The zero-order valence-corrected chi connectivity index (χ0v) is 7.97. The third-order valence-corrected chi connectivity index (χ3v) is 1.58. The molecule has 3 nitrogen and oxygen atoms in total. The van der Waals surface area contributed by atoms with Gasteiger partial charge in [-0.2, -0.15) is 0 Å². The Labute approximate surface area is 83.1 Å². The van der Waals surface area contributed by atoms with Crippen LogP contribution in [-0.2, 0) is 4.79 Å². The normalized spacial score (nSPS) is 12.7. The molecule has 1 unspecified atom stereocenters. The first-order valence-corrected chi connectivity index (χ1v) is 4.40. The second-order valence-corrected chi connectivity index (χ2v) is 2.93. The molecule has 0 heterocycles. The molecule has 0 spiro atoms. The third kappa shape index (κ3) is 3.87. The van der Waals surface area contributed by atoms with Crippen LogP contribution in [0.25, 0.3) is 6.08 Å². The van der Waals surface area contributed by atoms with Crippen molar-refractivity contribution in [2.45, 2.75) is 13.2 Å². The summed E-state index contributed by atoms with van der Waals surface area (Å²) in [5.74, 6) is -0.302. The van der Waals surface area contributed by atoms with Crippen molar-refractivity contribution in [3.63, 3.8) is 0 Å². The molecule has 0 aliphatic rings. The largest absolute Gasteiger partial charge is 0.374 e. The second-order valence-electron chi connectivity index (χ2n) is 2.93. The SMILES string of the molecule is CC(O)NC(=O)/C=C/c1ccccc1. The van der Waals surface area contributed by atoms with Gasteiger partial charge in [0.1, 0.15) is 6.23 Å². The topological polar surface area (TPSA) is 49.3 Å². The summed E-state index contributed by atoms with van der Waals surface area (Å²) in [6.45, 7) is 1.49. The molecule has 1 atom stereocenters. The number of carbonyl (C=O) groups excluding carboxylic acids is 1. The molecule has 3 heteroatoms. The first kappa shape index (κ1) is 10.5. The zero-order valence-electron chi connectivity index (χ0n) is 7.97. The number of carbonyl (C=O) groups is 1. The maximum Gasteiger partial charge on any atom is 0.245 e. The quantitative estimate of drug-likeness (QED) is 0.556. The van der Waals surface area contributed by atoms with Gasteiger partial charge in [0.25, 0.3) is 0 Å². The molecule has 74 valence electrons. The van der Waals surface area contributed by atoms with Crippen molar-refractivity contribution in [1.29, 1.82) is 0 Å². The van der Waals surface area contributed by atoms with Crippen LogP contribution in [0.5, 0.6) is 0 Å². The number of nitrogens with one attached hydrogen (secondary N) is 1. The lowest BCUT2D eigenvalue weighted by atomic mass is 10.2. The van der Waals surface area contributed by atoms with Gasteiger partial charge in [0.05, 0.1) is 0 Å². The zero-order chi connectivity index (χ0) is 10.4. The molecule has 1 amide bonds. The fraction of sp³-hybridized carbons (Fsp3) is 0.182. The van der Waals surface area contributed by atoms with Crippen LogP contribution >= 0.6 is 0 Å². The first-order valence-electron chi connectivity index (χ1n) is 4.40. The average molecular weight is 191 g/mol. The molecule has 0 aliphatic heterocycles. The van der Waals surface area contributed by atoms with Crippen molar-refractivity contribution in [3.8, 4) is 0 Å². The fourth-order valence-corrected chi connectivity index (χ4v) is 0.990. The van der Waals surface area contributed by atoms with Gasteiger partial charge in [-0.1, -0.05) is 30.3 Å². The fourth-order valence-electron chi connectivity index (χ4n) is 0.990. The first-order chi connectivity index (χ1) is 6.68. The van der Waals surface area contributed by atoms with Crippen LogP contribution in [0, 0.1) is 0 Å².